The number of anilines is 1. The molecular formula is C20H25NO3. The number of nitrogens with one attached hydrogen (secondary N) is 1. The van der Waals surface area contributed by atoms with Crippen LogP contribution in [-0.4, -0.2) is 18.6 Å². The van der Waals surface area contributed by atoms with Gasteiger partial charge in [-0.25, -0.2) is 0 Å². The first-order valence-corrected chi connectivity index (χ1v) is 8.19. The number of rotatable bonds is 6. The van der Waals surface area contributed by atoms with Crippen molar-refractivity contribution in [1.29, 1.82) is 0 Å². The van der Waals surface area contributed by atoms with Gasteiger partial charge in [-0.1, -0.05) is 6.07 Å². The van der Waals surface area contributed by atoms with Crippen LogP contribution in [0.3, 0.4) is 0 Å². The van der Waals surface area contributed by atoms with Gasteiger partial charge in [0, 0.05) is 5.69 Å². The second-order valence-electron chi connectivity index (χ2n) is 5.91. The van der Waals surface area contributed by atoms with Gasteiger partial charge in [-0.05, 0) is 81.6 Å². The molecule has 0 aromatic heterocycles. The molecule has 0 aliphatic rings. The highest BCUT2D eigenvalue weighted by molar-refractivity contribution is 5.94. The number of ether oxygens (including phenoxy) is 2. The third kappa shape index (κ3) is 4.51. The van der Waals surface area contributed by atoms with E-state index in [1.807, 2.05) is 58.0 Å². The topological polar surface area (TPSA) is 47.6 Å². The maximum absolute atomic E-state index is 12.3. The fourth-order valence-electron chi connectivity index (χ4n) is 2.41. The van der Waals surface area contributed by atoms with Crippen LogP contribution in [0.5, 0.6) is 11.5 Å². The Hall–Kier alpha value is -2.49. The molecule has 0 saturated carbocycles. The van der Waals surface area contributed by atoms with Crippen LogP contribution in [0.4, 0.5) is 5.69 Å². The van der Waals surface area contributed by atoms with Gasteiger partial charge in [0.25, 0.3) is 5.91 Å². The molecule has 1 N–H and O–H groups in total. The molecule has 2 aromatic carbocycles. The predicted molar refractivity (Wildman–Crippen MR) is 97.0 cm³/mol. The number of benzene rings is 2. The van der Waals surface area contributed by atoms with E-state index in [0.717, 1.165) is 33.9 Å². The van der Waals surface area contributed by atoms with Crippen molar-refractivity contribution in [2.24, 2.45) is 0 Å². The normalized spacial score (nSPS) is 11.7. The Labute approximate surface area is 143 Å². The van der Waals surface area contributed by atoms with Crippen LogP contribution in [0.25, 0.3) is 0 Å². The Morgan fingerprint density at radius 1 is 1.12 bits per heavy atom. The summed E-state index contributed by atoms with van der Waals surface area (Å²) in [5.74, 6) is 1.35. The van der Waals surface area contributed by atoms with Gasteiger partial charge < -0.3 is 14.8 Å². The monoisotopic (exact) mass is 327 g/mol. The maximum Gasteiger partial charge on any atom is 0.265 e. The number of amides is 1. The molecule has 1 amide bonds. The Kier molecular flexibility index (Phi) is 5.85. The highest BCUT2D eigenvalue weighted by Crippen LogP contribution is 2.24. The van der Waals surface area contributed by atoms with Crippen LogP contribution in [-0.2, 0) is 4.79 Å². The number of hydrogen-bond donors (Lipinski definition) is 1. The minimum absolute atomic E-state index is 0.183. The third-order valence-electron chi connectivity index (χ3n) is 3.87. The SMILES string of the molecule is CCOc1ccc(NC(=O)C(C)Oc2cc(C)cc(C)c2C)cc1. The molecule has 0 aliphatic carbocycles. The van der Waals surface area contributed by atoms with E-state index in [1.54, 1.807) is 6.92 Å². The van der Waals surface area contributed by atoms with Crippen LogP contribution in [0.15, 0.2) is 36.4 Å². The Balaban J connectivity index is 2.02. The molecule has 0 heterocycles. The summed E-state index contributed by atoms with van der Waals surface area (Å²) in [6.45, 7) is 10.4. The van der Waals surface area contributed by atoms with Gasteiger partial charge in [-0.15, -0.1) is 0 Å². The molecule has 0 radical (unpaired) electrons. The summed E-state index contributed by atoms with van der Waals surface area (Å²) < 4.78 is 11.3. The molecule has 0 saturated heterocycles. The van der Waals surface area contributed by atoms with Gasteiger partial charge in [0.1, 0.15) is 11.5 Å². The summed E-state index contributed by atoms with van der Waals surface area (Å²) in [4.78, 5) is 12.3. The van der Waals surface area contributed by atoms with Crippen molar-refractivity contribution < 1.29 is 14.3 Å². The molecule has 0 spiro atoms. The molecule has 1 atom stereocenters. The molecule has 0 fully saturated rings. The van der Waals surface area contributed by atoms with E-state index in [-0.39, 0.29) is 5.91 Å². The van der Waals surface area contributed by atoms with Crippen molar-refractivity contribution in [3.8, 4) is 11.5 Å². The summed E-state index contributed by atoms with van der Waals surface area (Å²) in [7, 11) is 0. The lowest BCUT2D eigenvalue weighted by Crippen LogP contribution is -2.30. The molecular weight excluding hydrogens is 302 g/mol. The van der Waals surface area contributed by atoms with Crippen molar-refractivity contribution in [2.45, 2.75) is 40.7 Å². The molecule has 2 aromatic rings. The van der Waals surface area contributed by atoms with E-state index >= 15 is 0 Å². The number of carbonyl (C=O) groups excluding carboxylic acids is 1. The summed E-state index contributed by atoms with van der Waals surface area (Å²) in [5, 5.41) is 2.86. The van der Waals surface area contributed by atoms with Crippen molar-refractivity contribution in [2.75, 3.05) is 11.9 Å². The lowest BCUT2D eigenvalue weighted by Gasteiger charge is -2.18. The van der Waals surface area contributed by atoms with E-state index in [2.05, 4.69) is 11.4 Å². The molecule has 4 nitrogen and oxygen atoms in total. The average molecular weight is 327 g/mol. The Bertz CT molecular complexity index is 708. The molecule has 0 aliphatic heterocycles. The van der Waals surface area contributed by atoms with E-state index in [0.29, 0.717) is 6.61 Å². The van der Waals surface area contributed by atoms with E-state index in [9.17, 15) is 4.79 Å². The van der Waals surface area contributed by atoms with E-state index < -0.39 is 6.10 Å². The molecule has 4 heteroatoms. The zero-order valence-electron chi connectivity index (χ0n) is 15.0. The first-order chi connectivity index (χ1) is 11.4. The number of aryl methyl sites for hydroxylation is 2. The summed E-state index contributed by atoms with van der Waals surface area (Å²) >= 11 is 0. The molecule has 0 bridgehead atoms. The quantitative estimate of drug-likeness (QED) is 0.854. The van der Waals surface area contributed by atoms with Gasteiger partial charge in [0.2, 0.25) is 0 Å². The predicted octanol–water partition coefficient (Wildman–Crippen LogP) is 4.42. The fourth-order valence-corrected chi connectivity index (χ4v) is 2.41. The van der Waals surface area contributed by atoms with Crippen molar-refractivity contribution in [3.63, 3.8) is 0 Å². The van der Waals surface area contributed by atoms with Crippen LogP contribution in [0.1, 0.15) is 30.5 Å². The Morgan fingerprint density at radius 2 is 1.79 bits per heavy atom. The number of hydrogen-bond acceptors (Lipinski definition) is 3. The smallest absolute Gasteiger partial charge is 0.265 e. The van der Waals surface area contributed by atoms with Gasteiger partial charge >= 0.3 is 0 Å². The molecule has 128 valence electrons. The standard InChI is InChI=1S/C20H25NO3/c1-6-23-18-9-7-17(8-10-18)21-20(22)16(5)24-19-12-13(2)11-14(3)15(19)4/h7-12,16H,6H2,1-5H3,(H,21,22). The minimum atomic E-state index is -0.587. The summed E-state index contributed by atoms with van der Waals surface area (Å²) in [6, 6.07) is 11.4. The van der Waals surface area contributed by atoms with E-state index in [4.69, 9.17) is 9.47 Å². The number of carbonyl (C=O) groups is 1. The summed E-state index contributed by atoms with van der Waals surface area (Å²) in [6.07, 6.45) is -0.587. The lowest BCUT2D eigenvalue weighted by atomic mass is 10.1. The summed E-state index contributed by atoms with van der Waals surface area (Å²) in [5.41, 5.74) is 4.05. The average Bonchev–Trinajstić information content (AvgIpc) is 2.54. The van der Waals surface area contributed by atoms with Crippen LogP contribution < -0.4 is 14.8 Å². The van der Waals surface area contributed by atoms with Crippen LogP contribution >= 0.6 is 0 Å². The first kappa shape index (κ1) is 17.9. The second kappa shape index (κ2) is 7.86. The molecule has 2 rings (SSSR count). The van der Waals surface area contributed by atoms with E-state index in [1.165, 1.54) is 0 Å². The molecule has 1 unspecified atom stereocenters. The van der Waals surface area contributed by atoms with Crippen LogP contribution in [0.2, 0.25) is 0 Å². The maximum atomic E-state index is 12.3. The highest BCUT2D eigenvalue weighted by atomic mass is 16.5. The van der Waals surface area contributed by atoms with Gasteiger partial charge in [0.05, 0.1) is 6.61 Å². The zero-order valence-corrected chi connectivity index (χ0v) is 15.0. The second-order valence-corrected chi connectivity index (χ2v) is 5.91. The van der Waals surface area contributed by atoms with Crippen LogP contribution in [0, 0.1) is 20.8 Å². The minimum Gasteiger partial charge on any atom is -0.494 e. The van der Waals surface area contributed by atoms with Crippen molar-refractivity contribution in [3.05, 3.63) is 53.1 Å². The van der Waals surface area contributed by atoms with Crippen molar-refractivity contribution in [1.82, 2.24) is 0 Å². The highest BCUT2D eigenvalue weighted by Gasteiger charge is 2.16. The molecule has 24 heavy (non-hydrogen) atoms. The third-order valence-corrected chi connectivity index (χ3v) is 3.87. The largest absolute Gasteiger partial charge is 0.494 e. The Morgan fingerprint density at radius 3 is 2.42 bits per heavy atom. The zero-order chi connectivity index (χ0) is 17.7. The van der Waals surface area contributed by atoms with Gasteiger partial charge in [0.15, 0.2) is 6.10 Å². The van der Waals surface area contributed by atoms with Gasteiger partial charge in [-0.2, -0.15) is 0 Å². The first-order valence-electron chi connectivity index (χ1n) is 8.19. The van der Waals surface area contributed by atoms with Gasteiger partial charge in [-0.3, -0.25) is 4.79 Å². The van der Waals surface area contributed by atoms with Crippen molar-refractivity contribution >= 4 is 11.6 Å². The lowest BCUT2D eigenvalue weighted by molar-refractivity contribution is -0.122. The fraction of sp³-hybridized carbons (Fsp3) is 0.350.